The Balaban J connectivity index is 1.99. The number of piperidine rings is 1. The first-order chi connectivity index (χ1) is 12.3. The maximum absolute atomic E-state index is 12.6. The van der Waals surface area contributed by atoms with Gasteiger partial charge >= 0.3 is 0 Å². The molecule has 0 radical (unpaired) electrons. The summed E-state index contributed by atoms with van der Waals surface area (Å²) in [5.41, 5.74) is 7.48. The molecule has 2 rings (SSSR count). The van der Waals surface area contributed by atoms with E-state index >= 15 is 0 Å². The van der Waals surface area contributed by atoms with E-state index in [0.29, 0.717) is 31.1 Å². The lowest BCUT2D eigenvalue weighted by molar-refractivity contribution is -0.899. The first kappa shape index (κ1) is 20.0. The number of ether oxygens (including phenoxy) is 2. The van der Waals surface area contributed by atoms with Gasteiger partial charge < -0.3 is 25.0 Å². The topological polar surface area (TPSA) is 86.3 Å². The smallest absolute Gasteiger partial charge is 0.277 e. The Kier molecular flexibility index (Phi) is 6.85. The Labute approximate surface area is 155 Å². The number of rotatable bonds is 7. The molecular formula is C19H30N3O4+. The largest absolute Gasteiger partial charge is 0.493 e. The van der Waals surface area contributed by atoms with Gasteiger partial charge in [-0.2, -0.15) is 0 Å². The van der Waals surface area contributed by atoms with Crippen molar-refractivity contribution >= 4 is 11.8 Å². The molecule has 1 aromatic carbocycles. The van der Waals surface area contributed by atoms with Crippen LogP contribution in [0.4, 0.5) is 0 Å². The number of primary amides is 1. The molecule has 0 spiro atoms. The zero-order valence-corrected chi connectivity index (χ0v) is 16.1. The lowest BCUT2D eigenvalue weighted by atomic mass is 9.97. The number of amides is 2. The van der Waals surface area contributed by atoms with Crippen molar-refractivity contribution in [2.45, 2.75) is 26.3 Å². The summed E-state index contributed by atoms with van der Waals surface area (Å²) in [6.07, 6.45) is 1.75. The van der Waals surface area contributed by atoms with Gasteiger partial charge in [0.2, 0.25) is 5.91 Å². The number of methoxy groups -OCH3 is 2. The number of carbonyl (C=O) groups is 2. The number of likely N-dealkylation sites (N-methyl/N-ethyl adjacent to an activating group) is 1. The van der Waals surface area contributed by atoms with Crippen LogP contribution in [-0.2, 0) is 16.1 Å². The van der Waals surface area contributed by atoms with Crippen molar-refractivity contribution in [3.8, 4) is 11.5 Å². The molecule has 0 aliphatic carbocycles. The number of hydrogen-bond donors (Lipinski definition) is 2. The van der Waals surface area contributed by atoms with Crippen molar-refractivity contribution in [2.75, 3.05) is 40.9 Å². The van der Waals surface area contributed by atoms with Crippen LogP contribution in [0.3, 0.4) is 0 Å². The fourth-order valence-corrected chi connectivity index (χ4v) is 3.44. The highest BCUT2D eigenvalue weighted by Gasteiger charge is 2.29. The van der Waals surface area contributed by atoms with Gasteiger partial charge in [-0.05, 0) is 43.0 Å². The predicted octanol–water partition coefficient (Wildman–Crippen LogP) is -0.249. The van der Waals surface area contributed by atoms with Gasteiger partial charge in [-0.25, -0.2) is 0 Å². The molecule has 1 fully saturated rings. The van der Waals surface area contributed by atoms with E-state index in [2.05, 4.69) is 0 Å². The minimum absolute atomic E-state index is 0.0549. The van der Waals surface area contributed by atoms with Crippen molar-refractivity contribution < 1.29 is 24.0 Å². The SMILES string of the molecule is COc1cc(C)c(CN(C)C(=O)C[NH+]2CCC[C@@H](C(N)=O)C2)cc1OC. The zero-order chi connectivity index (χ0) is 19.3. The van der Waals surface area contributed by atoms with E-state index in [-0.39, 0.29) is 17.7 Å². The Bertz CT molecular complexity index is 662. The molecule has 0 aromatic heterocycles. The van der Waals surface area contributed by atoms with Gasteiger partial charge in [-0.3, -0.25) is 9.59 Å². The minimum atomic E-state index is -0.260. The summed E-state index contributed by atoms with van der Waals surface area (Å²) in [5, 5.41) is 0. The molecule has 2 amide bonds. The van der Waals surface area contributed by atoms with Crippen LogP contribution in [0.5, 0.6) is 11.5 Å². The van der Waals surface area contributed by atoms with Gasteiger partial charge in [-0.1, -0.05) is 0 Å². The molecule has 7 nitrogen and oxygen atoms in total. The van der Waals surface area contributed by atoms with Crippen LogP contribution in [0.15, 0.2) is 12.1 Å². The van der Waals surface area contributed by atoms with E-state index in [1.54, 1.807) is 26.2 Å². The molecule has 1 aliphatic rings. The summed E-state index contributed by atoms with van der Waals surface area (Å²) >= 11 is 0. The highest BCUT2D eigenvalue weighted by atomic mass is 16.5. The van der Waals surface area contributed by atoms with Gasteiger partial charge in [0.1, 0.15) is 0 Å². The van der Waals surface area contributed by atoms with E-state index in [1.807, 2.05) is 19.1 Å². The molecule has 1 heterocycles. The van der Waals surface area contributed by atoms with Gasteiger partial charge in [0.25, 0.3) is 5.91 Å². The van der Waals surface area contributed by atoms with Gasteiger partial charge in [0, 0.05) is 13.6 Å². The van der Waals surface area contributed by atoms with Crippen molar-refractivity contribution in [3.63, 3.8) is 0 Å². The summed E-state index contributed by atoms with van der Waals surface area (Å²) in [4.78, 5) is 26.9. The monoisotopic (exact) mass is 364 g/mol. The third kappa shape index (κ3) is 4.88. The molecule has 0 saturated carbocycles. The first-order valence-corrected chi connectivity index (χ1v) is 8.94. The van der Waals surface area contributed by atoms with Gasteiger partial charge in [-0.15, -0.1) is 0 Å². The second kappa shape index (κ2) is 8.89. The van der Waals surface area contributed by atoms with E-state index in [9.17, 15) is 9.59 Å². The molecule has 144 valence electrons. The second-order valence-corrected chi connectivity index (χ2v) is 7.01. The average molecular weight is 364 g/mol. The molecule has 7 heteroatoms. The third-order valence-corrected chi connectivity index (χ3v) is 5.10. The number of aryl methyl sites for hydroxylation is 1. The number of nitrogens with two attached hydrogens (primary N) is 1. The van der Waals surface area contributed by atoms with Crippen LogP contribution in [-0.4, -0.2) is 57.6 Å². The molecule has 1 aromatic rings. The second-order valence-electron chi connectivity index (χ2n) is 7.01. The van der Waals surface area contributed by atoms with Crippen molar-refractivity contribution in [2.24, 2.45) is 11.7 Å². The standard InChI is InChI=1S/C19H29N3O4/c1-13-8-16(25-3)17(26-4)9-15(13)10-21(2)18(23)12-22-7-5-6-14(11-22)19(20)24/h8-9,14H,5-7,10-12H2,1-4H3,(H2,20,24)/p+1/t14-/m1/s1. The first-order valence-electron chi connectivity index (χ1n) is 8.94. The van der Waals surface area contributed by atoms with E-state index in [1.165, 1.54) is 0 Å². The maximum atomic E-state index is 12.6. The number of hydrogen-bond acceptors (Lipinski definition) is 4. The molecule has 1 unspecified atom stereocenters. The van der Waals surface area contributed by atoms with Gasteiger partial charge in [0.05, 0.1) is 33.2 Å². The summed E-state index contributed by atoms with van der Waals surface area (Å²) in [7, 11) is 5.00. The van der Waals surface area contributed by atoms with Gasteiger partial charge in [0.15, 0.2) is 18.0 Å². The highest BCUT2D eigenvalue weighted by Crippen LogP contribution is 2.30. The lowest BCUT2D eigenvalue weighted by Gasteiger charge is -2.29. The third-order valence-electron chi connectivity index (χ3n) is 5.10. The number of benzene rings is 1. The molecular weight excluding hydrogens is 334 g/mol. The fraction of sp³-hybridized carbons (Fsp3) is 0.579. The molecule has 3 N–H and O–H groups in total. The zero-order valence-electron chi connectivity index (χ0n) is 16.1. The number of quaternary nitrogens is 1. The normalized spacial score (nSPS) is 19.7. The molecule has 0 bridgehead atoms. The van der Waals surface area contributed by atoms with Crippen LogP contribution in [0.25, 0.3) is 0 Å². The van der Waals surface area contributed by atoms with Crippen LogP contribution in [0.2, 0.25) is 0 Å². The molecule has 1 aliphatic heterocycles. The lowest BCUT2D eigenvalue weighted by Crippen LogP contribution is -3.14. The highest BCUT2D eigenvalue weighted by molar-refractivity contribution is 5.78. The van der Waals surface area contributed by atoms with Crippen molar-refractivity contribution in [3.05, 3.63) is 23.3 Å². The average Bonchev–Trinajstić information content (AvgIpc) is 2.62. The van der Waals surface area contributed by atoms with Crippen molar-refractivity contribution in [1.29, 1.82) is 0 Å². The summed E-state index contributed by atoms with van der Waals surface area (Å²) in [6.45, 7) is 4.41. The van der Waals surface area contributed by atoms with Crippen LogP contribution < -0.4 is 20.1 Å². The molecule has 1 saturated heterocycles. The number of carbonyl (C=O) groups excluding carboxylic acids is 2. The fourth-order valence-electron chi connectivity index (χ4n) is 3.44. The minimum Gasteiger partial charge on any atom is -0.493 e. The Morgan fingerprint density at radius 3 is 2.54 bits per heavy atom. The van der Waals surface area contributed by atoms with E-state index in [4.69, 9.17) is 15.2 Å². The van der Waals surface area contributed by atoms with Crippen molar-refractivity contribution in [1.82, 2.24) is 4.90 Å². The summed E-state index contributed by atoms with van der Waals surface area (Å²) < 4.78 is 10.7. The number of nitrogens with zero attached hydrogens (tertiary/aromatic N) is 1. The maximum Gasteiger partial charge on any atom is 0.277 e. The number of likely N-dealkylation sites (tertiary alicyclic amines) is 1. The van der Waals surface area contributed by atoms with E-state index < -0.39 is 0 Å². The summed E-state index contributed by atoms with van der Waals surface area (Å²) in [5.74, 6) is 1.01. The van der Waals surface area contributed by atoms with Crippen LogP contribution in [0, 0.1) is 12.8 Å². The number of nitrogens with one attached hydrogen (secondary N) is 1. The summed E-state index contributed by atoms with van der Waals surface area (Å²) in [6, 6.07) is 3.83. The Hall–Kier alpha value is -2.28. The van der Waals surface area contributed by atoms with Crippen LogP contribution in [0.1, 0.15) is 24.0 Å². The molecule has 2 atom stereocenters. The quantitative estimate of drug-likeness (QED) is 0.699. The molecule has 26 heavy (non-hydrogen) atoms. The predicted molar refractivity (Wildman–Crippen MR) is 98.2 cm³/mol. The Morgan fingerprint density at radius 2 is 1.92 bits per heavy atom. The Morgan fingerprint density at radius 1 is 1.27 bits per heavy atom. The van der Waals surface area contributed by atoms with Crippen LogP contribution >= 0.6 is 0 Å². The van der Waals surface area contributed by atoms with E-state index in [0.717, 1.165) is 35.4 Å².